The lowest BCUT2D eigenvalue weighted by atomic mass is 10.2. The summed E-state index contributed by atoms with van der Waals surface area (Å²) in [4.78, 5) is 35.9. The number of benzene rings is 2. The number of methoxy groups -OCH3 is 1. The SMILES string of the molecule is COc1ccccc1CNC(=O)C/C(C)=N/NC(=O)C(=O)Nc1ccccc1C. The molecule has 3 amide bonds. The van der Waals surface area contributed by atoms with E-state index in [1.165, 1.54) is 0 Å². The summed E-state index contributed by atoms with van der Waals surface area (Å²) in [6, 6.07) is 14.5. The topological polar surface area (TPSA) is 109 Å². The van der Waals surface area contributed by atoms with E-state index in [1.54, 1.807) is 26.2 Å². The fourth-order valence-corrected chi connectivity index (χ4v) is 2.47. The molecule has 0 aromatic heterocycles. The van der Waals surface area contributed by atoms with Gasteiger partial charge in [0, 0.05) is 23.5 Å². The summed E-state index contributed by atoms with van der Waals surface area (Å²) in [6.07, 6.45) is -0.0190. The van der Waals surface area contributed by atoms with Crippen molar-refractivity contribution in [1.82, 2.24) is 10.7 Å². The van der Waals surface area contributed by atoms with Gasteiger partial charge < -0.3 is 15.4 Å². The summed E-state index contributed by atoms with van der Waals surface area (Å²) in [5.41, 5.74) is 4.74. The zero-order chi connectivity index (χ0) is 21.2. The molecule has 29 heavy (non-hydrogen) atoms. The van der Waals surface area contributed by atoms with Crippen molar-refractivity contribution in [2.45, 2.75) is 26.8 Å². The van der Waals surface area contributed by atoms with Gasteiger partial charge in [-0.05, 0) is 31.5 Å². The number of hydrogen-bond donors (Lipinski definition) is 3. The minimum Gasteiger partial charge on any atom is -0.496 e. The number of rotatable bonds is 7. The predicted octanol–water partition coefficient (Wildman–Crippen LogP) is 2.14. The number of amides is 3. The predicted molar refractivity (Wildman–Crippen MR) is 111 cm³/mol. The number of anilines is 1. The van der Waals surface area contributed by atoms with Gasteiger partial charge in [-0.1, -0.05) is 36.4 Å². The Hall–Kier alpha value is -3.68. The van der Waals surface area contributed by atoms with Crippen LogP contribution in [-0.2, 0) is 20.9 Å². The van der Waals surface area contributed by atoms with Crippen LogP contribution in [0.2, 0.25) is 0 Å². The molecule has 0 saturated heterocycles. The standard InChI is InChI=1S/C21H24N4O4/c1-14-8-4-6-10-17(14)23-20(27)21(28)25-24-15(2)12-19(26)22-13-16-9-5-7-11-18(16)29-3/h4-11H,12-13H2,1-3H3,(H,22,26)(H,23,27)(H,25,28)/b24-15+. The molecule has 0 fully saturated rings. The van der Waals surface area contributed by atoms with E-state index >= 15 is 0 Å². The molecule has 0 unspecified atom stereocenters. The molecule has 0 heterocycles. The largest absolute Gasteiger partial charge is 0.496 e. The van der Waals surface area contributed by atoms with E-state index in [4.69, 9.17) is 4.74 Å². The molecule has 8 nitrogen and oxygen atoms in total. The van der Waals surface area contributed by atoms with Crippen molar-refractivity contribution in [2.24, 2.45) is 5.10 Å². The second-order valence-corrected chi connectivity index (χ2v) is 6.32. The quantitative estimate of drug-likeness (QED) is 0.378. The number of aryl methyl sites for hydroxylation is 1. The number of hydrogen-bond acceptors (Lipinski definition) is 5. The maximum Gasteiger partial charge on any atom is 0.329 e. The Labute approximate surface area is 169 Å². The van der Waals surface area contributed by atoms with Crippen molar-refractivity contribution in [3.8, 4) is 5.75 Å². The number of nitrogens with one attached hydrogen (secondary N) is 3. The number of carbonyl (C=O) groups excluding carboxylic acids is 3. The highest BCUT2D eigenvalue weighted by Crippen LogP contribution is 2.16. The summed E-state index contributed by atoms with van der Waals surface area (Å²) >= 11 is 0. The van der Waals surface area contributed by atoms with E-state index in [9.17, 15) is 14.4 Å². The number of ether oxygens (including phenoxy) is 1. The molecule has 0 aliphatic carbocycles. The first-order valence-electron chi connectivity index (χ1n) is 8.99. The molecule has 0 aliphatic rings. The van der Waals surface area contributed by atoms with Gasteiger partial charge in [0.2, 0.25) is 5.91 Å². The van der Waals surface area contributed by atoms with Crippen molar-refractivity contribution < 1.29 is 19.1 Å². The first kappa shape index (κ1) is 21.6. The van der Waals surface area contributed by atoms with E-state index in [2.05, 4.69) is 21.2 Å². The van der Waals surface area contributed by atoms with Gasteiger partial charge in [-0.15, -0.1) is 0 Å². The van der Waals surface area contributed by atoms with Crippen LogP contribution in [0.1, 0.15) is 24.5 Å². The summed E-state index contributed by atoms with van der Waals surface area (Å²) < 4.78 is 5.24. The molecule has 2 rings (SSSR count). The molecule has 0 saturated carbocycles. The van der Waals surface area contributed by atoms with Crippen LogP contribution < -0.4 is 20.8 Å². The van der Waals surface area contributed by atoms with Crippen molar-refractivity contribution in [3.05, 3.63) is 59.7 Å². The van der Waals surface area contributed by atoms with E-state index in [1.807, 2.05) is 43.3 Å². The van der Waals surface area contributed by atoms with Gasteiger partial charge in [0.25, 0.3) is 0 Å². The molecule has 0 radical (unpaired) electrons. The minimum atomic E-state index is -0.915. The van der Waals surface area contributed by atoms with Crippen LogP contribution in [0.5, 0.6) is 5.75 Å². The first-order chi connectivity index (χ1) is 13.9. The van der Waals surface area contributed by atoms with Gasteiger partial charge >= 0.3 is 11.8 Å². The number of hydrazone groups is 1. The Bertz CT molecular complexity index is 924. The third-order valence-electron chi connectivity index (χ3n) is 4.03. The molecular formula is C21H24N4O4. The van der Waals surface area contributed by atoms with Crippen LogP contribution in [0.15, 0.2) is 53.6 Å². The van der Waals surface area contributed by atoms with Gasteiger partial charge in [0.05, 0.1) is 13.5 Å². The van der Waals surface area contributed by atoms with Gasteiger partial charge in [-0.3, -0.25) is 14.4 Å². The smallest absolute Gasteiger partial charge is 0.329 e. The zero-order valence-electron chi connectivity index (χ0n) is 16.6. The molecule has 2 aromatic rings. The molecule has 3 N–H and O–H groups in total. The summed E-state index contributed by atoms with van der Waals surface area (Å²) in [7, 11) is 1.56. The lowest BCUT2D eigenvalue weighted by molar-refractivity contribution is -0.136. The second-order valence-electron chi connectivity index (χ2n) is 6.32. The van der Waals surface area contributed by atoms with Crippen LogP contribution in [0.25, 0.3) is 0 Å². The van der Waals surface area contributed by atoms with Crippen LogP contribution in [0.3, 0.4) is 0 Å². The molecular weight excluding hydrogens is 372 g/mol. The van der Waals surface area contributed by atoms with E-state index in [0.717, 1.165) is 11.1 Å². The highest BCUT2D eigenvalue weighted by molar-refractivity contribution is 6.39. The molecule has 0 atom stereocenters. The molecule has 2 aromatic carbocycles. The van der Waals surface area contributed by atoms with E-state index in [-0.39, 0.29) is 12.3 Å². The van der Waals surface area contributed by atoms with Gasteiger partial charge in [0.15, 0.2) is 0 Å². The van der Waals surface area contributed by atoms with Crippen molar-refractivity contribution in [2.75, 3.05) is 12.4 Å². The summed E-state index contributed by atoms with van der Waals surface area (Å²) in [5, 5.41) is 9.08. The fraction of sp³-hybridized carbons (Fsp3) is 0.238. The third kappa shape index (κ3) is 6.76. The molecule has 8 heteroatoms. The van der Waals surface area contributed by atoms with Crippen molar-refractivity contribution in [1.29, 1.82) is 0 Å². The van der Waals surface area contributed by atoms with Gasteiger partial charge in [-0.25, -0.2) is 5.43 Å². The van der Waals surface area contributed by atoms with Crippen LogP contribution in [0.4, 0.5) is 5.69 Å². The minimum absolute atomic E-state index is 0.0190. The first-order valence-corrected chi connectivity index (χ1v) is 8.99. The van der Waals surface area contributed by atoms with Crippen LogP contribution in [0, 0.1) is 6.92 Å². The Morgan fingerprint density at radius 3 is 2.41 bits per heavy atom. The van der Waals surface area contributed by atoms with Gasteiger partial charge in [-0.2, -0.15) is 5.10 Å². The average molecular weight is 396 g/mol. The zero-order valence-corrected chi connectivity index (χ0v) is 16.6. The van der Waals surface area contributed by atoms with Crippen molar-refractivity contribution in [3.63, 3.8) is 0 Å². The molecule has 152 valence electrons. The normalized spacial score (nSPS) is 10.8. The fourth-order valence-electron chi connectivity index (χ4n) is 2.47. The lowest BCUT2D eigenvalue weighted by Gasteiger charge is -2.09. The number of para-hydroxylation sites is 2. The number of nitrogens with zero attached hydrogens (tertiary/aromatic N) is 1. The van der Waals surface area contributed by atoms with Crippen molar-refractivity contribution >= 4 is 29.1 Å². The average Bonchev–Trinajstić information content (AvgIpc) is 2.72. The second kappa shape index (κ2) is 10.6. The third-order valence-corrected chi connectivity index (χ3v) is 4.03. The highest BCUT2D eigenvalue weighted by Gasteiger charge is 2.14. The lowest BCUT2D eigenvalue weighted by Crippen LogP contribution is -2.33. The van der Waals surface area contributed by atoms with E-state index in [0.29, 0.717) is 23.7 Å². The monoisotopic (exact) mass is 396 g/mol. The van der Waals surface area contributed by atoms with Crippen LogP contribution >= 0.6 is 0 Å². The Kier molecular flexibility index (Phi) is 7.90. The Morgan fingerprint density at radius 2 is 1.69 bits per heavy atom. The van der Waals surface area contributed by atoms with E-state index < -0.39 is 11.8 Å². The molecule has 0 aliphatic heterocycles. The Balaban J connectivity index is 1.81. The molecule has 0 bridgehead atoms. The molecule has 0 spiro atoms. The van der Waals surface area contributed by atoms with Crippen LogP contribution in [-0.4, -0.2) is 30.5 Å². The Morgan fingerprint density at radius 1 is 1.00 bits per heavy atom. The maximum atomic E-state index is 12.1. The summed E-state index contributed by atoms with van der Waals surface area (Å²) in [6.45, 7) is 3.71. The number of carbonyl (C=O) groups is 3. The maximum absolute atomic E-state index is 12.1. The summed E-state index contributed by atoms with van der Waals surface area (Å²) in [5.74, 6) is -1.33. The highest BCUT2D eigenvalue weighted by atomic mass is 16.5. The van der Waals surface area contributed by atoms with Gasteiger partial charge in [0.1, 0.15) is 5.75 Å².